The Morgan fingerprint density at radius 3 is 3.14 bits per heavy atom. The number of nitro groups is 1. The molecule has 1 fully saturated rings. The number of hydrogen-bond acceptors (Lipinski definition) is 6. The van der Waals surface area contributed by atoms with Crippen molar-refractivity contribution in [2.24, 2.45) is 0 Å². The Kier molecular flexibility index (Phi) is 3.48. The van der Waals surface area contributed by atoms with Crippen molar-refractivity contribution in [1.29, 1.82) is 0 Å². The standard InChI is InChI=1S/C13H16N4O4/c1-20-13(4-5-21-8-13)7-14-12-15-10-3-2-9(17(18)19)6-11(10)16-12/h2-3,6H,4-5,7-8H2,1H3,(H2,14,15,16). The highest BCUT2D eigenvalue weighted by atomic mass is 16.6. The zero-order chi connectivity index (χ0) is 14.9. The van der Waals surface area contributed by atoms with E-state index in [1.165, 1.54) is 12.1 Å². The number of aromatic nitrogens is 2. The first-order valence-corrected chi connectivity index (χ1v) is 6.63. The number of anilines is 1. The minimum atomic E-state index is -0.427. The van der Waals surface area contributed by atoms with Crippen molar-refractivity contribution >= 4 is 22.7 Å². The van der Waals surface area contributed by atoms with Gasteiger partial charge in [-0.2, -0.15) is 0 Å². The Morgan fingerprint density at radius 2 is 2.48 bits per heavy atom. The summed E-state index contributed by atoms with van der Waals surface area (Å²) < 4.78 is 10.9. The van der Waals surface area contributed by atoms with Crippen molar-refractivity contribution in [3.8, 4) is 0 Å². The molecule has 1 aromatic heterocycles. The van der Waals surface area contributed by atoms with Crippen LogP contribution in [0, 0.1) is 10.1 Å². The molecule has 1 unspecified atom stereocenters. The van der Waals surface area contributed by atoms with E-state index in [0.29, 0.717) is 36.7 Å². The lowest BCUT2D eigenvalue weighted by atomic mass is 10.0. The van der Waals surface area contributed by atoms with E-state index >= 15 is 0 Å². The van der Waals surface area contributed by atoms with E-state index in [1.807, 2.05) is 0 Å². The summed E-state index contributed by atoms with van der Waals surface area (Å²) in [6, 6.07) is 4.53. The number of methoxy groups -OCH3 is 1. The van der Waals surface area contributed by atoms with Crippen LogP contribution in [0.25, 0.3) is 11.0 Å². The summed E-state index contributed by atoms with van der Waals surface area (Å²) in [4.78, 5) is 17.7. The molecule has 0 spiro atoms. The maximum Gasteiger partial charge on any atom is 0.271 e. The van der Waals surface area contributed by atoms with Crippen molar-refractivity contribution in [2.75, 3.05) is 32.2 Å². The molecule has 1 aliphatic heterocycles. The normalized spacial score (nSPS) is 21.8. The molecule has 0 radical (unpaired) electrons. The topological polar surface area (TPSA) is 102 Å². The summed E-state index contributed by atoms with van der Waals surface area (Å²) in [6.45, 7) is 1.79. The average Bonchev–Trinajstić information content (AvgIpc) is 3.11. The van der Waals surface area contributed by atoms with Gasteiger partial charge in [-0.25, -0.2) is 4.98 Å². The summed E-state index contributed by atoms with van der Waals surface area (Å²) in [6.07, 6.45) is 0.822. The minimum Gasteiger partial charge on any atom is -0.378 e. The fourth-order valence-corrected chi connectivity index (χ4v) is 2.40. The Labute approximate surface area is 120 Å². The van der Waals surface area contributed by atoms with Crippen molar-refractivity contribution in [1.82, 2.24) is 9.97 Å². The number of fused-ring (bicyclic) bond motifs is 1. The van der Waals surface area contributed by atoms with Crippen molar-refractivity contribution in [3.63, 3.8) is 0 Å². The van der Waals surface area contributed by atoms with Gasteiger partial charge in [0.25, 0.3) is 5.69 Å². The monoisotopic (exact) mass is 292 g/mol. The Balaban J connectivity index is 1.77. The molecule has 2 N–H and O–H groups in total. The molecule has 8 nitrogen and oxygen atoms in total. The van der Waals surface area contributed by atoms with Gasteiger partial charge in [-0.15, -0.1) is 0 Å². The number of H-pyrrole nitrogens is 1. The first-order chi connectivity index (χ1) is 10.1. The molecule has 21 heavy (non-hydrogen) atoms. The van der Waals surface area contributed by atoms with Crippen LogP contribution in [0.15, 0.2) is 18.2 Å². The molecule has 0 amide bonds. The third kappa shape index (κ3) is 2.67. The summed E-state index contributed by atoms with van der Waals surface area (Å²) in [5.41, 5.74) is 0.999. The van der Waals surface area contributed by atoms with Gasteiger partial charge >= 0.3 is 0 Å². The van der Waals surface area contributed by atoms with Crippen LogP contribution >= 0.6 is 0 Å². The van der Waals surface area contributed by atoms with Crippen LogP contribution < -0.4 is 5.32 Å². The third-order valence-electron chi connectivity index (χ3n) is 3.75. The van der Waals surface area contributed by atoms with E-state index in [-0.39, 0.29) is 11.3 Å². The Bertz CT molecular complexity index is 663. The van der Waals surface area contributed by atoms with Crippen molar-refractivity contribution < 1.29 is 14.4 Å². The van der Waals surface area contributed by atoms with E-state index < -0.39 is 4.92 Å². The van der Waals surface area contributed by atoms with Crippen LogP contribution in [0.3, 0.4) is 0 Å². The fraction of sp³-hybridized carbons (Fsp3) is 0.462. The SMILES string of the molecule is COC1(CNc2nc3ccc([N+](=O)[O-])cc3[nH]2)CCOC1. The maximum absolute atomic E-state index is 10.8. The molecule has 112 valence electrons. The molecular formula is C13H16N4O4. The van der Waals surface area contributed by atoms with Crippen LogP contribution in [-0.2, 0) is 9.47 Å². The highest BCUT2D eigenvalue weighted by Gasteiger charge is 2.34. The summed E-state index contributed by atoms with van der Waals surface area (Å²) in [5.74, 6) is 0.564. The second kappa shape index (κ2) is 5.30. The number of non-ortho nitro benzene ring substituents is 1. The molecular weight excluding hydrogens is 276 g/mol. The zero-order valence-corrected chi connectivity index (χ0v) is 11.6. The lowest BCUT2D eigenvalue weighted by Crippen LogP contribution is -2.39. The van der Waals surface area contributed by atoms with Gasteiger partial charge in [0.2, 0.25) is 5.95 Å². The molecule has 1 saturated heterocycles. The molecule has 1 aliphatic rings. The number of hydrogen-bond donors (Lipinski definition) is 2. The third-order valence-corrected chi connectivity index (χ3v) is 3.75. The van der Waals surface area contributed by atoms with Crippen LogP contribution in [-0.4, -0.2) is 47.4 Å². The average molecular weight is 292 g/mol. The number of rotatable bonds is 5. The first kappa shape index (κ1) is 13.8. The highest BCUT2D eigenvalue weighted by molar-refractivity contribution is 5.79. The van der Waals surface area contributed by atoms with Gasteiger partial charge in [0.15, 0.2) is 0 Å². The van der Waals surface area contributed by atoms with Crippen LogP contribution in [0.2, 0.25) is 0 Å². The molecule has 0 aliphatic carbocycles. The van der Waals surface area contributed by atoms with E-state index in [0.717, 1.165) is 6.42 Å². The molecule has 0 bridgehead atoms. The summed E-state index contributed by atoms with van der Waals surface area (Å²) in [5, 5.41) is 13.9. The van der Waals surface area contributed by atoms with E-state index in [4.69, 9.17) is 9.47 Å². The second-order valence-corrected chi connectivity index (χ2v) is 5.09. The van der Waals surface area contributed by atoms with Crippen molar-refractivity contribution in [3.05, 3.63) is 28.3 Å². The number of ether oxygens (including phenoxy) is 2. The maximum atomic E-state index is 10.8. The molecule has 2 aromatic rings. The van der Waals surface area contributed by atoms with E-state index in [2.05, 4.69) is 15.3 Å². The Morgan fingerprint density at radius 1 is 1.62 bits per heavy atom. The lowest BCUT2D eigenvalue weighted by Gasteiger charge is -2.25. The lowest BCUT2D eigenvalue weighted by molar-refractivity contribution is -0.384. The predicted molar refractivity (Wildman–Crippen MR) is 76.4 cm³/mol. The number of benzene rings is 1. The van der Waals surface area contributed by atoms with Gasteiger partial charge < -0.3 is 19.8 Å². The van der Waals surface area contributed by atoms with Gasteiger partial charge in [0.1, 0.15) is 5.60 Å². The van der Waals surface area contributed by atoms with Crippen molar-refractivity contribution in [2.45, 2.75) is 12.0 Å². The molecule has 8 heteroatoms. The summed E-state index contributed by atoms with van der Waals surface area (Å²) in [7, 11) is 1.67. The quantitative estimate of drug-likeness (QED) is 0.642. The second-order valence-electron chi connectivity index (χ2n) is 5.09. The zero-order valence-electron chi connectivity index (χ0n) is 11.6. The van der Waals surface area contributed by atoms with Crippen LogP contribution in [0.4, 0.5) is 11.6 Å². The largest absolute Gasteiger partial charge is 0.378 e. The van der Waals surface area contributed by atoms with E-state index in [1.54, 1.807) is 13.2 Å². The minimum absolute atomic E-state index is 0.0373. The van der Waals surface area contributed by atoms with Crippen LogP contribution in [0.1, 0.15) is 6.42 Å². The number of imidazole rings is 1. The molecule has 0 saturated carbocycles. The Hall–Kier alpha value is -2.19. The highest BCUT2D eigenvalue weighted by Crippen LogP contribution is 2.24. The predicted octanol–water partition coefficient (Wildman–Crippen LogP) is 1.69. The smallest absolute Gasteiger partial charge is 0.271 e. The molecule has 1 atom stereocenters. The molecule has 2 heterocycles. The van der Waals surface area contributed by atoms with E-state index in [9.17, 15) is 10.1 Å². The van der Waals surface area contributed by atoms with Gasteiger partial charge in [-0.3, -0.25) is 10.1 Å². The summed E-state index contributed by atoms with van der Waals surface area (Å²) >= 11 is 0. The number of nitrogens with one attached hydrogen (secondary N) is 2. The van der Waals surface area contributed by atoms with Gasteiger partial charge in [-0.1, -0.05) is 0 Å². The fourth-order valence-electron chi connectivity index (χ4n) is 2.40. The van der Waals surface area contributed by atoms with Crippen LogP contribution in [0.5, 0.6) is 0 Å². The van der Waals surface area contributed by atoms with Gasteiger partial charge in [0, 0.05) is 38.8 Å². The number of aromatic amines is 1. The molecule has 1 aromatic carbocycles. The first-order valence-electron chi connectivity index (χ1n) is 6.63. The van der Waals surface area contributed by atoms with Gasteiger partial charge in [0.05, 0.1) is 22.6 Å². The van der Waals surface area contributed by atoms with Gasteiger partial charge in [-0.05, 0) is 6.07 Å². The number of nitro benzene ring substituents is 1. The number of nitrogens with zero attached hydrogens (tertiary/aromatic N) is 2. The molecule has 3 rings (SSSR count).